The van der Waals surface area contributed by atoms with Gasteiger partial charge in [-0.3, -0.25) is 4.79 Å². The molecule has 0 saturated carbocycles. The van der Waals surface area contributed by atoms with E-state index in [4.69, 9.17) is 4.74 Å². The molecule has 1 saturated heterocycles. The minimum absolute atomic E-state index is 0.0573. The molecule has 1 aliphatic heterocycles. The lowest BCUT2D eigenvalue weighted by Gasteiger charge is -2.49. The summed E-state index contributed by atoms with van der Waals surface area (Å²) in [6.07, 6.45) is 0.544. The number of piperidine rings is 1. The zero-order chi connectivity index (χ0) is 15.0. The lowest BCUT2D eigenvalue weighted by molar-refractivity contribution is -0.144. The van der Waals surface area contributed by atoms with E-state index in [1.165, 1.54) is 0 Å². The second-order valence-electron chi connectivity index (χ2n) is 6.27. The first kappa shape index (κ1) is 15.5. The van der Waals surface area contributed by atoms with Crippen LogP contribution in [-0.2, 0) is 4.74 Å². The summed E-state index contributed by atoms with van der Waals surface area (Å²) < 4.78 is 5.15. The maximum atomic E-state index is 12.5. The number of aliphatic hydroxyl groups is 1. The summed E-state index contributed by atoms with van der Waals surface area (Å²) in [4.78, 5) is 15.5. The van der Waals surface area contributed by atoms with Crippen LogP contribution in [0.15, 0.2) is 11.4 Å². The molecule has 0 spiro atoms. The fourth-order valence-corrected chi connectivity index (χ4v) is 3.46. The van der Waals surface area contributed by atoms with Crippen LogP contribution in [0.5, 0.6) is 0 Å². The number of amides is 1. The Hall–Kier alpha value is -0.910. The maximum absolute atomic E-state index is 12.5. The van der Waals surface area contributed by atoms with Crippen molar-refractivity contribution in [3.05, 3.63) is 21.9 Å². The van der Waals surface area contributed by atoms with Gasteiger partial charge in [0.05, 0.1) is 17.8 Å². The Morgan fingerprint density at radius 3 is 2.75 bits per heavy atom. The number of rotatable bonds is 3. The van der Waals surface area contributed by atoms with Gasteiger partial charge in [-0.15, -0.1) is 11.3 Å². The number of hydrogen-bond acceptors (Lipinski definition) is 4. The molecule has 0 bridgehead atoms. The number of nitrogens with zero attached hydrogens (tertiary/aromatic N) is 1. The van der Waals surface area contributed by atoms with Crippen LogP contribution in [-0.4, -0.2) is 48.3 Å². The Labute approximate surface area is 124 Å². The van der Waals surface area contributed by atoms with Crippen LogP contribution >= 0.6 is 11.3 Å². The smallest absolute Gasteiger partial charge is 0.254 e. The number of thiophene rings is 1. The van der Waals surface area contributed by atoms with E-state index in [-0.39, 0.29) is 11.3 Å². The van der Waals surface area contributed by atoms with Gasteiger partial charge in [-0.05, 0) is 19.4 Å². The second-order valence-corrected chi connectivity index (χ2v) is 7.39. The van der Waals surface area contributed by atoms with Gasteiger partial charge in [0.1, 0.15) is 0 Å². The normalized spacial score (nSPS) is 25.8. The minimum Gasteiger partial charge on any atom is -0.387 e. The molecule has 1 N–H and O–H groups in total. The van der Waals surface area contributed by atoms with Gasteiger partial charge < -0.3 is 14.7 Å². The third kappa shape index (κ3) is 2.75. The second kappa shape index (κ2) is 5.47. The lowest BCUT2D eigenvalue weighted by atomic mass is 9.70. The Morgan fingerprint density at radius 2 is 2.25 bits per heavy atom. The van der Waals surface area contributed by atoms with Crippen molar-refractivity contribution in [3.8, 4) is 0 Å². The van der Waals surface area contributed by atoms with Gasteiger partial charge >= 0.3 is 0 Å². The van der Waals surface area contributed by atoms with Gasteiger partial charge in [0.25, 0.3) is 5.91 Å². The number of carbonyl (C=O) groups is 1. The molecule has 1 fully saturated rings. The molecule has 4 nitrogen and oxygen atoms in total. The van der Waals surface area contributed by atoms with Crippen molar-refractivity contribution in [2.24, 2.45) is 5.41 Å². The summed E-state index contributed by atoms with van der Waals surface area (Å²) in [6.45, 7) is 7.39. The molecule has 2 rings (SSSR count). The molecule has 2 heterocycles. The quantitative estimate of drug-likeness (QED) is 0.931. The van der Waals surface area contributed by atoms with Gasteiger partial charge in [-0.1, -0.05) is 13.8 Å². The predicted molar refractivity (Wildman–Crippen MR) is 80.2 cm³/mol. The average Bonchev–Trinajstić information content (AvgIpc) is 2.79. The molecule has 5 heteroatoms. The van der Waals surface area contributed by atoms with Gasteiger partial charge in [0.15, 0.2) is 0 Å². The molecule has 1 aromatic heterocycles. The highest BCUT2D eigenvalue weighted by molar-refractivity contribution is 7.10. The Balaban J connectivity index is 2.13. The SMILES string of the molecule is COC[C@]1(O)CCN(C(=O)c2csc(C)c2)CC1(C)C. The van der Waals surface area contributed by atoms with Crippen molar-refractivity contribution in [1.29, 1.82) is 0 Å². The Bertz CT molecular complexity index is 497. The summed E-state index contributed by atoms with van der Waals surface area (Å²) in [5, 5.41) is 12.6. The van der Waals surface area contributed by atoms with Crippen LogP contribution in [0.25, 0.3) is 0 Å². The van der Waals surface area contributed by atoms with E-state index in [9.17, 15) is 9.90 Å². The van der Waals surface area contributed by atoms with E-state index in [0.717, 1.165) is 10.4 Å². The van der Waals surface area contributed by atoms with Crippen LogP contribution in [0.1, 0.15) is 35.5 Å². The first-order valence-corrected chi connectivity index (χ1v) is 7.73. The zero-order valence-corrected chi connectivity index (χ0v) is 13.4. The van der Waals surface area contributed by atoms with Crippen molar-refractivity contribution in [2.75, 3.05) is 26.8 Å². The monoisotopic (exact) mass is 297 g/mol. The summed E-state index contributed by atoms with van der Waals surface area (Å²) in [5.41, 5.74) is -0.508. The highest BCUT2D eigenvalue weighted by atomic mass is 32.1. The molecule has 1 aliphatic rings. The number of hydrogen-bond donors (Lipinski definition) is 1. The number of methoxy groups -OCH3 is 1. The van der Waals surface area contributed by atoms with Gasteiger partial charge in [-0.2, -0.15) is 0 Å². The zero-order valence-electron chi connectivity index (χ0n) is 12.6. The average molecular weight is 297 g/mol. The largest absolute Gasteiger partial charge is 0.387 e. The first-order valence-electron chi connectivity index (χ1n) is 6.85. The molecule has 0 unspecified atom stereocenters. The van der Waals surface area contributed by atoms with Crippen LogP contribution in [0, 0.1) is 12.3 Å². The molecule has 1 amide bonds. The van der Waals surface area contributed by atoms with E-state index in [1.54, 1.807) is 18.4 Å². The van der Waals surface area contributed by atoms with E-state index in [0.29, 0.717) is 26.1 Å². The van der Waals surface area contributed by atoms with Crippen LogP contribution in [0.3, 0.4) is 0 Å². The summed E-state index contributed by atoms with van der Waals surface area (Å²) in [5.74, 6) is 0.0573. The molecule has 1 aromatic rings. The van der Waals surface area contributed by atoms with Crippen LogP contribution in [0.2, 0.25) is 0 Å². The topological polar surface area (TPSA) is 49.8 Å². The van der Waals surface area contributed by atoms with Gasteiger partial charge in [0, 0.05) is 35.9 Å². The highest BCUT2D eigenvalue weighted by Gasteiger charge is 2.48. The van der Waals surface area contributed by atoms with Crippen molar-refractivity contribution < 1.29 is 14.6 Å². The highest BCUT2D eigenvalue weighted by Crippen LogP contribution is 2.39. The van der Waals surface area contributed by atoms with E-state index in [2.05, 4.69) is 0 Å². The third-order valence-electron chi connectivity index (χ3n) is 4.29. The number of aryl methyl sites for hydroxylation is 1. The molecule has 0 aliphatic carbocycles. The molecule has 1 atom stereocenters. The molecule has 0 radical (unpaired) electrons. The Morgan fingerprint density at radius 1 is 1.55 bits per heavy atom. The Kier molecular flexibility index (Phi) is 4.23. The van der Waals surface area contributed by atoms with Crippen molar-refractivity contribution in [1.82, 2.24) is 4.90 Å². The van der Waals surface area contributed by atoms with Crippen molar-refractivity contribution >= 4 is 17.2 Å². The third-order valence-corrected chi connectivity index (χ3v) is 5.15. The molecular weight excluding hydrogens is 274 g/mol. The summed E-state index contributed by atoms with van der Waals surface area (Å²) in [7, 11) is 1.60. The van der Waals surface area contributed by atoms with Crippen LogP contribution < -0.4 is 0 Å². The van der Waals surface area contributed by atoms with Crippen molar-refractivity contribution in [2.45, 2.75) is 32.8 Å². The van der Waals surface area contributed by atoms with Crippen molar-refractivity contribution in [3.63, 3.8) is 0 Å². The molecular formula is C15H23NO3S. The lowest BCUT2D eigenvalue weighted by Crippen LogP contribution is -2.60. The number of carbonyl (C=O) groups excluding carboxylic acids is 1. The summed E-state index contributed by atoms with van der Waals surface area (Å²) in [6, 6.07) is 1.93. The number of likely N-dealkylation sites (tertiary alicyclic amines) is 1. The van der Waals surface area contributed by atoms with E-state index < -0.39 is 5.60 Å². The maximum Gasteiger partial charge on any atom is 0.254 e. The fraction of sp³-hybridized carbons (Fsp3) is 0.667. The minimum atomic E-state index is -0.872. The number of ether oxygens (including phenoxy) is 1. The van der Waals surface area contributed by atoms with Gasteiger partial charge in [-0.25, -0.2) is 0 Å². The van der Waals surface area contributed by atoms with E-state index >= 15 is 0 Å². The summed E-state index contributed by atoms with van der Waals surface area (Å²) >= 11 is 1.59. The standard InChI is InChI=1S/C15H23NO3S/c1-11-7-12(8-20-11)13(17)16-6-5-15(18,10-19-4)14(2,3)9-16/h7-8,18H,5-6,9-10H2,1-4H3/t15-/m1/s1. The fourth-order valence-electron chi connectivity index (χ4n) is 2.78. The van der Waals surface area contributed by atoms with Crippen LogP contribution in [0.4, 0.5) is 0 Å². The van der Waals surface area contributed by atoms with E-state index in [1.807, 2.05) is 37.1 Å². The molecule has 112 valence electrons. The molecule has 20 heavy (non-hydrogen) atoms. The molecule has 0 aromatic carbocycles. The predicted octanol–water partition coefficient (Wildman–Crippen LogP) is 2.31. The first-order chi connectivity index (χ1) is 9.29. The van der Waals surface area contributed by atoms with Gasteiger partial charge in [0.2, 0.25) is 0 Å².